The van der Waals surface area contributed by atoms with Crippen LogP contribution >= 0.6 is 0 Å². The zero-order valence-electron chi connectivity index (χ0n) is 22.1. The van der Waals surface area contributed by atoms with Crippen LogP contribution in [0.2, 0.25) is 0 Å². The van der Waals surface area contributed by atoms with Gasteiger partial charge in [0.05, 0.1) is 16.6 Å². The molecular formula is C27H29F7N2O5S. The van der Waals surface area contributed by atoms with Gasteiger partial charge < -0.3 is 15.5 Å². The number of nitrogens with zero attached hydrogens (tertiary/aromatic N) is 1. The molecule has 3 atom stereocenters. The SMILES string of the molecule is O=C(C[C@@H]1CCc2cc(C(O)(C(F)(F)F)C(F)(F)F)ccc2N1S(=O)(=O)c1ccc(F)cc1)N[C@@H]1CCCC[C@H]1CO. The standard InChI is InChI=1S/C27H29F7N2O5S/c28-19-7-10-21(11-8-19)42(40,41)36-20(14-24(38)35-22-4-2-1-3-17(22)15-37)9-5-16-13-18(6-12-23(16)36)25(39,26(29,30)31)27(32,33)34/h6-8,10-13,17,20,22,37,39H,1-5,9,14-15H2,(H,35,38)/t17-,20-,22+/m0/s1. The third-order valence-corrected chi connectivity index (χ3v) is 9.80. The fourth-order valence-electron chi connectivity index (χ4n) is 5.68. The molecule has 0 aromatic heterocycles. The molecule has 1 aliphatic carbocycles. The molecule has 42 heavy (non-hydrogen) atoms. The van der Waals surface area contributed by atoms with Gasteiger partial charge >= 0.3 is 12.4 Å². The van der Waals surface area contributed by atoms with E-state index in [0.717, 1.165) is 47.5 Å². The average Bonchev–Trinajstić information content (AvgIpc) is 2.91. The van der Waals surface area contributed by atoms with Crippen molar-refractivity contribution in [3.8, 4) is 0 Å². The van der Waals surface area contributed by atoms with E-state index in [9.17, 15) is 54.2 Å². The minimum absolute atomic E-state index is 0.155. The molecule has 7 nitrogen and oxygen atoms in total. The topological polar surface area (TPSA) is 107 Å². The number of benzene rings is 2. The first-order valence-electron chi connectivity index (χ1n) is 13.2. The van der Waals surface area contributed by atoms with Crippen LogP contribution in [0.1, 0.15) is 49.7 Å². The van der Waals surface area contributed by atoms with E-state index in [-0.39, 0.29) is 42.7 Å². The molecule has 0 saturated heterocycles. The number of fused-ring (bicyclic) bond motifs is 1. The van der Waals surface area contributed by atoms with Crippen LogP contribution in [0.25, 0.3) is 0 Å². The molecule has 15 heteroatoms. The number of sulfonamides is 1. The Bertz CT molecular complexity index is 1380. The quantitative estimate of drug-likeness (QED) is 0.387. The predicted molar refractivity (Wildman–Crippen MR) is 136 cm³/mol. The van der Waals surface area contributed by atoms with Crippen molar-refractivity contribution in [3.63, 3.8) is 0 Å². The van der Waals surface area contributed by atoms with E-state index in [0.29, 0.717) is 25.0 Å². The van der Waals surface area contributed by atoms with Gasteiger partial charge in [-0.25, -0.2) is 12.8 Å². The molecule has 2 aliphatic rings. The number of aryl methyl sites for hydroxylation is 1. The van der Waals surface area contributed by atoms with E-state index < -0.39 is 62.6 Å². The summed E-state index contributed by atoms with van der Waals surface area (Å²) in [6.07, 6.45) is -10.1. The molecular weight excluding hydrogens is 597 g/mol. The number of aliphatic hydroxyl groups excluding tert-OH is 1. The van der Waals surface area contributed by atoms with E-state index in [1.807, 2.05) is 0 Å². The summed E-state index contributed by atoms with van der Waals surface area (Å²) in [5.41, 5.74) is -7.25. The second-order valence-corrected chi connectivity index (χ2v) is 12.4. The number of amides is 1. The molecule has 1 aliphatic heterocycles. The Hall–Kier alpha value is -2.91. The number of nitrogens with one attached hydrogen (secondary N) is 1. The summed E-state index contributed by atoms with van der Waals surface area (Å²) in [6, 6.07) is 3.74. The van der Waals surface area contributed by atoms with Gasteiger partial charge in [0.15, 0.2) is 0 Å². The molecule has 1 fully saturated rings. The fourth-order valence-corrected chi connectivity index (χ4v) is 7.39. The highest BCUT2D eigenvalue weighted by Gasteiger charge is 2.71. The first-order chi connectivity index (χ1) is 19.5. The zero-order chi connectivity index (χ0) is 31.1. The number of halogens is 7. The summed E-state index contributed by atoms with van der Waals surface area (Å²) in [6.45, 7) is -0.155. The number of hydrogen-bond acceptors (Lipinski definition) is 5. The molecule has 232 valence electrons. The lowest BCUT2D eigenvalue weighted by molar-refractivity contribution is -0.376. The number of aliphatic hydroxyl groups is 2. The molecule has 0 bridgehead atoms. The molecule has 1 heterocycles. The summed E-state index contributed by atoms with van der Waals surface area (Å²) in [5.74, 6) is -1.49. The van der Waals surface area contributed by atoms with Gasteiger partial charge in [0, 0.05) is 30.6 Å². The Morgan fingerprint density at radius 2 is 1.57 bits per heavy atom. The lowest BCUT2D eigenvalue weighted by atomic mass is 9.84. The van der Waals surface area contributed by atoms with E-state index in [4.69, 9.17) is 0 Å². The lowest BCUT2D eigenvalue weighted by Crippen LogP contribution is -2.54. The summed E-state index contributed by atoms with van der Waals surface area (Å²) < 4.78 is 123. The van der Waals surface area contributed by atoms with Gasteiger partial charge in [0.25, 0.3) is 15.6 Å². The van der Waals surface area contributed by atoms with Crippen LogP contribution in [0, 0.1) is 11.7 Å². The smallest absolute Gasteiger partial charge is 0.396 e. The highest BCUT2D eigenvalue weighted by Crippen LogP contribution is 2.51. The van der Waals surface area contributed by atoms with Crippen LogP contribution in [0.15, 0.2) is 47.4 Å². The Balaban J connectivity index is 1.75. The molecule has 1 saturated carbocycles. The van der Waals surface area contributed by atoms with Crippen molar-refractivity contribution in [1.29, 1.82) is 0 Å². The molecule has 1 amide bonds. The van der Waals surface area contributed by atoms with E-state index in [2.05, 4.69) is 5.32 Å². The van der Waals surface area contributed by atoms with E-state index in [1.54, 1.807) is 0 Å². The van der Waals surface area contributed by atoms with Gasteiger partial charge in [-0.15, -0.1) is 0 Å². The number of carbonyl (C=O) groups excluding carboxylic acids is 1. The second-order valence-electron chi connectivity index (χ2n) is 10.6. The Morgan fingerprint density at radius 3 is 2.17 bits per heavy atom. The summed E-state index contributed by atoms with van der Waals surface area (Å²) >= 11 is 0. The van der Waals surface area contributed by atoms with Crippen molar-refractivity contribution in [3.05, 3.63) is 59.4 Å². The average molecular weight is 627 g/mol. The summed E-state index contributed by atoms with van der Waals surface area (Å²) in [7, 11) is -4.60. The first-order valence-corrected chi connectivity index (χ1v) is 14.6. The van der Waals surface area contributed by atoms with Gasteiger partial charge in [-0.3, -0.25) is 9.10 Å². The van der Waals surface area contributed by atoms with Crippen molar-refractivity contribution >= 4 is 21.6 Å². The fraction of sp³-hybridized carbons (Fsp3) is 0.519. The van der Waals surface area contributed by atoms with Crippen LogP contribution in [0.5, 0.6) is 0 Å². The van der Waals surface area contributed by atoms with Crippen molar-refractivity contribution in [2.45, 2.75) is 79.9 Å². The van der Waals surface area contributed by atoms with Gasteiger partial charge in [0.2, 0.25) is 5.91 Å². The van der Waals surface area contributed by atoms with Crippen molar-refractivity contribution in [2.75, 3.05) is 10.9 Å². The maximum absolute atomic E-state index is 13.8. The van der Waals surface area contributed by atoms with Crippen LogP contribution in [-0.2, 0) is 26.8 Å². The minimum Gasteiger partial charge on any atom is -0.396 e. The Labute approximate surface area is 237 Å². The maximum Gasteiger partial charge on any atom is 0.430 e. The maximum atomic E-state index is 13.8. The highest BCUT2D eigenvalue weighted by atomic mass is 32.2. The van der Waals surface area contributed by atoms with Gasteiger partial charge in [-0.05, 0) is 61.6 Å². The van der Waals surface area contributed by atoms with Crippen molar-refractivity contribution < 1.29 is 54.2 Å². The molecule has 2 aromatic rings. The number of rotatable bonds is 7. The molecule has 0 radical (unpaired) electrons. The normalized spacial score (nSPS) is 22.0. The van der Waals surface area contributed by atoms with Gasteiger partial charge in [0.1, 0.15) is 5.82 Å². The van der Waals surface area contributed by atoms with E-state index in [1.165, 1.54) is 0 Å². The molecule has 0 spiro atoms. The van der Waals surface area contributed by atoms with E-state index >= 15 is 0 Å². The number of hydrogen-bond donors (Lipinski definition) is 3. The van der Waals surface area contributed by atoms with Crippen molar-refractivity contribution in [2.24, 2.45) is 5.92 Å². The Kier molecular flexibility index (Phi) is 8.87. The number of anilines is 1. The zero-order valence-corrected chi connectivity index (χ0v) is 22.9. The third kappa shape index (κ3) is 5.95. The number of alkyl halides is 6. The number of carbonyl (C=O) groups is 1. The molecule has 0 unspecified atom stereocenters. The highest BCUT2D eigenvalue weighted by molar-refractivity contribution is 7.92. The van der Waals surface area contributed by atoms with Gasteiger partial charge in [-0.1, -0.05) is 25.0 Å². The third-order valence-electron chi connectivity index (χ3n) is 7.92. The summed E-state index contributed by atoms with van der Waals surface area (Å²) in [4.78, 5) is 12.7. The molecule has 2 aromatic carbocycles. The van der Waals surface area contributed by atoms with Gasteiger partial charge in [-0.2, -0.15) is 26.3 Å². The van der Waals surface area contributed by atoms with Crippen LogP contribution in [0.3, 0.4) is 0 Å². The van der Waals surface area contributed by atoms with Crippen molar-refractivity contribution in [1.82, 2.24) is 5.32 Å². The molecule has 3 N–H and O–H groups in total. The first kappa shape index (κ1) is 32.0. The minimum atomic E-state index is -6.14. The van der Waals surface area contributed by atoms with Crippen LogP contribution in [-0.4, -0.2) is 55.6 Å². The second kappa shape index (κ2) is 11.6. The van der Waals surface area contributed by atoms with Crippen LogP contribution in [0.4, 0.5) is 36.4 Å². The monoisotopic (exact) mass is 626 g/mol. The molecule has 4 rings (SSSR count). The van der Waals surface area contributed by atoms with Crippen LogP contribution < -0.4 is 9.62 Å². The largest absolute Gasteiger partial charge is 0.430 e. The predicted octanol–water partition coefficient (Wildman–Crippen LogP) is 4.71. The lowest BCUT2D eigenvalue weighted by Gasteiger charge is -2.39. The summed E-state index contributed by atoms with van der Waals surface area (Å²) in [5, 5.41) is 22.3. The Morgan fingerprint density at radius 1 is 0.952 bits per heavy atom.